The fourth-order valence-corrected chi connectivity index (χ4v) is 2.40. The van der Waals surface area contributed by atoms with Gasteiger partial charge in [0.15, 0.2) is 0 Å². The normalized spacial score (nSPS) is 14.5. The van der Waals surface area contributed by atoms with Crippen LogP contribution in [0.2, 0.25) is 0 Å². The third kappa shape index (κ3) is 4.08. The highest BCUT2D eigenvalue weighted by atomic mass is 16.4. The average molecular weight is 288 g/mol. The maximum absolute atomic E-state index is 12.7. The van der Waals surface area contributed by atoms with Crippen molar-refractivity contribution in [3.05, 3.63) is 42.0 Å². The fraction of sp³-hybridized carbons (Fsp3) is 0.375. The lowest BCUT2D eigenvalue weighted by molar-refractivity contribution is -0.136. The van der Waals surface area contributed by atoms with Gasteiger partial charge >= 0.3 is 12.0 Å². The molecule has 2 rings (SSSR count). The van der Waals surface area contributed by atoms with Gasteiger partial charge in [-0.1, -0.05) is 29.8 Å². The van der Waals surface area contributed by atoms with Gasteiger partial charge in [-0.15, -0.1) is 0 Å². The Labute approximate surface area is 124 Å². The second-order valence-corrected chi connectivity index (χ2v) is 5.17. The number of hydrogen-bond donors (Lipinski definition) is 1. The van der Waals surface area contributed by atoms with Crippen molar-refractivity contribution < 1.29 is 14.7 Å². The van der Waals surface area contributed by atoms with Crippen molar-refractivity contribution in [2.75, 3.05) is 24.5 Å². The molecule has 0 bridgehead atoms. The zero-order chi connectivity index (χ0) is 15.2. The molecule has 0 unspecified atom stereocenters. The Kier molecular flexibility index (Phi) is 4.98. The maximum Gasteiger partial charge on any atom is 0.324 e. The molecule has 0 radical (unpaired) electrons. The molecule has 0 saturated heterocycles. The van der Waals surface area contributed by atoms with Crippen LogP contribution in [0.1, 0.15) is 19.8 Å². The highest BCUT2D eigenvalue weighted by molar-refractivity contribution is 5.92. The number of carbonyl (C=O) groups excluding carboxylic acids is 1. The number of carbonyl (C=O) groups is 2. The molecule has 5 nitrogen and oxygen atoms in total. The van der Waals surface area contributed by atoms with Gasteiger partial charge in [0.2, 0.25) is 0 Å². The molecule has 0 spiro atoms. The molecule has 1 N–H and O–H groups in total. The fourth-order valence-electron chi connectivity index (χ4n) is 2.40. The summed E-state index contributed by atoms with van der Waals surface area (Å²) in [4.78, 5) is 26.8. The van der Waals surface area contributed by atoms with Crippen LogP contribution in [0.15, 0.2) is 42.0 Å². The Bertz CT molecular complexity index is 540. The van der Waals surface area contributed by atoms with Gasteiger partial charge in [0, 0.05) is 25.3 Å². The van der Waals surface area contributed by atoms with Crippen LogP contribution in [-0.2, 0) is 4.79 Å². The van der Waals surface area contributed by atoms with Crippen LogP contribution < -0.4 is 4.90 Å². The molecule has 1 aromatic carbocycles. The lowest BCUT2D eigenvalue weighted by atomic mass is 10.1. The SMILES string of the molecule is CC1=CCCN(C(=O)N(CCC(=O)O)c2ccccc2)C1. The van der Waals surface area contributed by atoms with Crippen LogP contribution in [0.3, 0.4) is 0 Å². The molecule has 1 heterocycles. The van der Waals surface area contributed by atoms with E-state index in [-0.39, 0.29) is 19.0 Å². The number of para-hydroxylation sites is 1. The summed E-state index contributed by atoms with van der Waals surface area (Å²) in [5, 5.41) is 8.88. The summed E-state index contributed by atoms with van der Waals surface area (Å²) >= 11 is 0. The van der Waals surface area contributed by atoms with Gasteiger partial charge in [-0.25, -0.2) is 4.79 Å². The van der Waals surface area contributed by atoms with E-state index < -0.39 is 5.97 Å². The Morgan fingerprint density at radius 3 is 2.62 bits per heavy atom. The number of anilines is 1. The zero-order valence-corrected chi connectivity index (χ0v) is 12.2. The summed E-state index contributed by atoms with van der Waals surface area (Å²) < 4.78 is 0. The minimum atomic E-state index is -0.904. The Morgan fingerprint density at radius 1 is 1.29 bits per heavy atom. The lowest BCUT2D eigenvalue weighted by Crippen LogP contribution is -2.46. The van der Waals surface area contributed by atoms with Gasteiger partial charge in [-0.2, -0.15) is 0 Å². The van der Waals surface area contributed by atoms with Crippen LogP contribution in [0.5, 0.6) is 0 Å². The first-order valence-corrected chi connectivity index (χ1v) is 7.07. The summed E-state index contributed by atoms with van der Waals surface area (Å²) in [6.07, 6.45) is 2.91. The smallest absolute Gasteiger partial charge is 0.324 e. The molecule has 0 aromatic heterocycles. The van der Waals surface area contributed by atoms with Crippen LogP contribution in [0, 0.1) is 0 Å². The van der Waals surface area contributed by atoms with E-state index in [9.17, 15) is 9.59 Å². The first-order chi connectivity index (χ1) is 10.1. The number of amides is 2. The van der Waals surface area contributed by atoms with E-state index in [4.69, 9.17) is 5.11 Å². The average Bonchev–Trinajstić information content (AvgIpc) is 2.48. The van der Waals surface area contributed by atoms with Gasteiger partial charge in [0.05, 0.1) is 6.42 Å². The molecular formula is C16H20N2O3. The zero-order valence-electron chi connectivity index (χ0n) is 12.2. The summed E-state index contributed by atoms with van der Waals surface area (Å²) in [5.74, 6) is -0.904. The predicted molar refractivity (Wildman–Crippen MR) is 81.4 cm³/mol. The Morgan fingerprint density at radius 2 is 2.00 bits per heavy atom. The van der Waals surface area contributed by atoms with E-state index in [0.717, 1.165) is 12.1 Å². The van der Waals surface area contributed by atoms with E-state index in [1.807, 2.05) is 37.3 Å². The summed E-state index contributed by atoms with van der Waals surface area (Å²) in [7, 11) is 0. The standard InChI is InChI=1S/C16H20N2O3/c1-13-6-5-10-17(12-13)16(21)18(11-9-15(19)20)14-7-3-2-4-8-14/h2-4,6-8H,5,9-12H2,1H3,(H,19,20). The highest BCUT2D eigenvalue weighted by Crippen LogP contribution is 2.18. The molecule has 0 fully saturated rings. The molecule has 2 amide bonds. The van der Waals surface area contributed by atoms with Crippen molar-refractivity contribution in [1.82, 2.24) is 4.90 Å². The highest BCUT2D eigenvalue weighted by Gasteiger charge is 2.24. The molecular weight excluding hydrogens is 268 g/mol. The van der Waals surface area contributed by atoms with Crippen molar-refractivity contribution >= 4 is 17.7 Å². The number of nitrogens with zero attached hydrogens (tertiary/aromatic N) is 2. The Balaban J connectivity index is 2.16. The van der Waals surface area contributed by atoms with E-state index in [0.29, 0.717) is 13.1 Å². The second kappa shape index (κ2) is 6.92. The largest absolute Gasteiger partial charge is 0.481 e. The van der Waals surface area contributed by atoms with Gasteiger partial charge in [0.25, 0.3) is 0 Å². The van der Waals surface area contributed by atoms with Crippen LogP contribution in [-0.4, -0.2) is 41.6 Å². The quantitative estimate of drug-likeness (QED) is 0.867. The number of carboxylic acids is 1. The molecule has 0 saturated carbocycles. The molecule has 5 heteroatoms. The Hall–Kier alpha value is -2.30. The van der Waals surface area contributed by atoms with Crippen LogP contribution in [0.4, 0.5) is 10.5 Å². The third-order valence-electron chi connectivity index (χ3n) is 3.45. The topological polar surface area (TPSA) is 60.9 Å². The van der Waals surface area contributed by atoms with Gasteiger partial charge in [-0.05, 0) is 25.5 Å². The van der Waals surface area contributed by atoms with Crippen LogP contribution in [0.25, 0.3) is 0 Å². The maximum atomic E-state index is 12.7. The van der Waals surface area contributed by atoms with E-state index in [1.54, 1.807) is 9.80 Å². The van der Waals surface area contributed by atoms with E-state index >= 15 is 0 Å². The van der Waals surface area contributed by atoms with Crippen LogP contribution >= 0.6 is 0 Å². The van der Waals surface area contributed by atoms with Gasteiger partial charge < -0.3 is 10.0 Å². The van der Waals surface area contributed by atoms with E-state index in [1.165, 1.54) is 5.57 Å². The first-order valence-electron chi connectivity index (χ1n) is 7.07. The number of aliphatic carboxylic acids is 1. The van der Waals surface area contributed by atoms with Crippen molar-refractivity contribution in [2.45, 2.75) is 19.8 Å². The van der Waals surface area contributed by atoms with Gasteiger partial charge in [0.1, 0.15) is 0 Å². The number of hydrogen-bond acceptors (Lipinski definition) is 2. The summed E-state index contributed by atoms with van der Waals surface area (Å²) in [5.41, 5.74) is 1.90. The number of carboxylic acid groups (broad SMARTS) is 1. The minimum Gasteiger partial charge on any atom is -0.481 e. The first kappa shape index (κ1) is 15.1. The van der Waals surface area contributed by atoms with Crippen molar-refractivity contribution in [3.63, 3.8) is 0 Å². The molecule has 21 heavy (non-hydrogen) atoms. The van der Waals surface area contributed by atoms with Crippen molar-refractivity contribution in [2.24, 2.45) is 0 Å². The minimum absolute atomic E-state index is 0.0662. The predicted octanol–water partition coefficient (Wildman–Crippen LogP) is 2.74. The van der Waals surface area contributed by atoms with Crippen molar-refractivity contribution in [3.8, 4) is 0 Å². The monoisotopic (exact) mass is 288 g/mol. The number of rotatable bonds is 4. The summed E-state index contributed by atoms with van der Waals surface area (Å²) in [6, 6.07) is 9.08. The van der Waals surface area contributed by atoms with Gasteiger partial charge in [-0.3, -0.25) is 9.69 Å². The third-order valence-corrected chi connectivity index (χ3v) is 3.45. The van der Waals surface area contributed by atoms with Crippen molar-refractivity contribution in [1.29, 1.82) is 0 Å². The lowest BCUT2D eigenvalue weighted by Gasteiger charge is -2.32. The molecule has 1 aliphatic rings. The molecule has 112 valence electrons. The molecule has 0 atom stereocenters. The number of urea groups is 1. The summed E-state index contributed by atoms with van der Waals surface area (Å²) in [6.45, 7) is 3.46. The molecule has 1 aromatic rings. The molecule has 0 aliphatic carbocycles. The molecule has 1 aliphatic heterocycles. The number of benzene rings is 1. The van der Waals surface area contributed by atoms with E-state index in [2.05, 4.69) is 6.08 Å². The second-order valence-electron chi connectivity index (χ2n) is 5.17.